The first kappa shape index (κ1) is 16.4. The summed E-state index contributed by atoms with van der Waals surface area (Å²) < 4.78 is 10.4. The Hall–Kier alpha value is -0.970. The number of hydrogen-bond donors (Lipinski definition) is 0. The van der Waals surface area contributed by atoms with Gasteiger partial charge in [0.25, 0.3) is 0 Å². The van der Waals surface area contributed by atoms with Crippen LogP contribution in [0.2, 0.25) is 0 Å². The minimum atomic E-state index is -0.533. The summed E-state index contributed by atoms with van der Waals surface area (Å²) in [4.78, 5) is 26.1. The largest absolute Gasteiger partial charge is 0.449 e. The molecule has 1 spiro atoms. The standard InChI is InChI=1S/C15H24ClNO4/c1-14(2,3)21-13(19)17-8-11(12(18)20-10-16)15(9-17)6-4-5-7-15/h11H,4-10H2,1-3H3. The van der Waals surface area contributed by atoms with Crippen molar-refractivity contribution in [1.82, 2.24) is 4.90 Å². The Morgan fingerprint density at radius 1 is 1.29 bits per heavy atom. The second kappa shape index (κ2) is 6.03. The molecule has 1 atom stereocenters. The number of nitrogens with zero attached hydrogens (tertiary/aromatic N) is 1. The second-order valence-electron chi connectivity index (χ2n) is 7.06. The van der Waals surface area contributed by atoms with Gasteiger partial charge in [0.05, 0.1) is 5.92 Å². The van der Waals surface area contributed by atoms with Crippen LogP contribution in [-0.2, 0) is 14.3 Å². The SMILES string of the molecule is CC(C)(C)OC(=O)N1CC(C(=O)OCCl)C2(CCCC2)C1. The monoisotopic (exact) mass is 317 g/mol. The zero-order valence-corrected chi connectivity index (χ0v) is 13.7. The zero-order valence-electron chi connectivity index (χ0n) is 13.0. The lowest BCUT2D eigenvalue weighted by Gasteiger charge is -2.28. The van der Waals surface area contributed by atoms with Crippen LogP contribution in [0.25, 0.3) is 0 Å². The zero-order chi connectivity index (χ0) is 15.7. The lowest BCUT2D eigenvalue weighted by Crippen LogP contribution is -2.36. The number of rotatable bonds is 2. The third kappa shape index (κ3) is 3.62. The number of alkyl halides is 1. The number of ether oxygens (including phenoxy) is 2. The van der Waals surface area contributed by atoms with Crippen molar-refractivity contribution in [2.24, 2.45) is 11.3 Å². The van der Waals surface area contributed by atoms with Crippen molar-refractivity contribution >= 4 is 23.7 Å². The van der Waals surface area contributed by atoms with Gasteiger partial charge in [-0.1, -0.05) is 24.4 Å². The van der Waals surface area contributed by atoms with Crippen LogP contribution in [0.4, 0.5) is 4.79 Å². The van der Waals surface area contributed by atoms with E-state index in [1.54, 1.807) is 4.90 Å². The highest BCUT2D eigenvalue weighted by atomic mass is 35.5. The Balaban J connectivity index is 2.11. The molecule has 1 aliphatic heterocycles. The minimum Gasteiger partial charge on any atom is -0.449 e. The Labute approximate surface area is 130 Å². The Kier molecular flexibility index (Phi) is 4.71. The number of halogens is 1. The average Bonchev–Trinajstić information content (AvgIpc) is 2.96. The predicted octanol–water partition coefficient (Wildman–Crippen LogP) is 3.15. The quantitative estimate of drug-likeness (QED) is 0.580. The van der Waals surface area contributed by atoms with E-state index in [1.807, 2.05) is 20.8 Å². The maximum atomic E-state index is 12.3. The fourth-order valence-corrected chi connectivity index (χ4v) is 3.61. The summed E-state index contributed by atoms with van der Waals surface area (Å²) in [7, 11) is 0. The van der Waals surface area contributed by atoms with Gasteiger partial charge in [0.1, 0.15) is 5.60 Å². The summed E-state index contributed by atoms with van der Waals surface area (Å²) in [6, 6.07) is -0.141. The molecule has 0 aromatic carbocycles. The van der Waals surface area contributed by atoms with Crippen molar-refractivity contribution in [3.63, 3.8) is 0 Å². The predicted molar refractivity (Wildman–Crippen MR) is 79.0 cm³/mol. The molecular weight excluding hydrogens is 294 g/mol. The molecule has 1 saturated heterocycles. The van der Waals surface area contributed by atoms with Gasteiger partial charge < -0.3 is 14.4 Å². The topological polar surface area (TPSA) is 55.8 Å². The number of esters is 1. The van der Waals surface area contributed by atoms with E-state index in [4.69, 9.17) is 21.1 Å². The molecule has 2 rings (SSSR count). The van der Waals surface area contributed by atoms with Crippen LogP contribution in [0.5, 0.6) is 0 Å². The molecule has 2 fully saturated rings. The Morgan fingerprint density at radius 2 is 1.90 bits per heavy atom. The fraction of sp³-hybridized carbons (Fsp3) is 0.867. The number of likely N-dealkylation sites (tertiary alicyclic amines) is 1. The van der Waals surface area contributed by atoms with E-state index >= 15 is 0 Å². The van der Waals surface area contributed by atoms with Crippen LogP contribution < -0.4 is 0 Å². The third-order valence-corrected chi connectivity index (χ3v) is 4.49. The van der Waals surface area contributed by atoms with Crippen molar-refractivity contribution in [2.45, 2.75) is 52.1 Å². The molecule has 21 heavy (non-hydrogen) atoms. The second-order valence-corrected chi connectivity index (χ2v) is 7.27. The van der Waals surface area contributed by atoms with Gasteiger partial charge in [-0.25, -0.2) is 4.79 Å². The smallest absolute Gasteiger partial charge is 0.410 e. The number of carbonyl (C=O) groups excluding carboxylic acids is 2. The number of amides is 1. The van der Waals surface area contributed by atoms with Crippen molar-refractivity contribution in [2.75, 3.05) is 19.2 Å². The van der Waals surface area contributed by atoms with E-state index in [1.165, 1.54) is 0 Å². The molecule has 1 unspecified atom stereocenters. The molecule has 1 saturated carbocycles. The summed E-state index contributed by atoms with van der Waals surface area (Å²) in [6.45, 7) is 6.46. The minimum absolute atomic E-state index is 0.141. The molecule has 2 aliphatic rings. The average molecular weight is 318 g/mol. The molecule has 120 valence electrons. The van der Waals surface area contributed by atoms with E-state index in [0.717, 1.165) is 25.7 Å². The van der Waals surface area contributed by atoms with Gasteiger partial charge in [-0.05, 0) is 33.6 Å². The first-order chi connectivity index (χ1) is 9.77. The summed E-state index contributed by atoms with van der Waals surface area (Å²) in [5.74, 6) is -0.579. The van der Waals surface area contributed by atoms with E-state index in [0.29, 0.717) is 13.1 Å². The molecule has 1 amide bonds. The number of carbonyl (C=O) groups is 2. The molecule has 0 radical (unpaired) electrons. The van der Waals surface area contributed by atoms with E-state index < -0.39 is 5.60 Å². The molecule has 0 aromatic rings. The van der Waals surface area contributed by atoms with E-state index in [9.17, 15) is 9.59 Å². The first-order valence-corrected chi connectivity index (χ1v) is 8.01. The molecule has 1 heterocycles. The van der Waals surface area contributed by atoms with Crippen molar-refractivity contribution < 1.29 is 19.1 Å². The van der Waals surface area contributed by atoms with E-state index in [-0.39, 0.29) is 29.5 Å². The highest BCUT2D eigenvalue weighted by molar-refractivity contribution is 6.17. The highest BCUT2D eigenvalue weighted by Crippen LogP contribution is 2.49. The van der Waals surface area contributed by atoms with E-state index in [2.05, 4.69) is 0 Å². The van der Waals surface area contributed by atoms with Crippen LogP contribution >= 0.6 is 11.6 Å². The molecule has 5 nitrogen and oxygen atoms in total. The Bertz CT molecular complexity index is 412. The lowest BCUT2D eigenvalue weighted by molar-refractivity contribution is -0.149. The summed E-state index contributed by atoms with van der Waals surface area (Å²) >= 11 is 5.51. The summed E-state index contributed by atoms with van der Waals surface area (Å²) in [5.41, 5.74) is -0.686. The van der Waals surface area contributed by atoms with Crippen LogP contribution in [-0.4, -0.2) is 41.7 Å². The van der Waals surface area contributed by atoms with Gasteiger partial charge in [0.15, 0.2) is 6.07 Å². The van der Waals surface area contributed by atoms with Gasteiger partial charge in [-0.3, -0.25) is 4.79 Å². The summed E-state index contributed by atoms with van der Waals surface area (Å²) in [6.07, 6.45) is 3.73. The highest BCUT2D eigenvalue weighted by Gasteiger charge is 2.53. The Morgan fingerprint density at radius 3 is 2.43 bits per heavy atom. The maximum Gasteiger partial charge on any atom is 0.410 e. The molecular formula is C15H24ClNO4. The van der Waals surface area contributed by atoms with Crippen LogP contribution in [0.3, 0.4) is 0 Å². The summed E-state index contributed by atoms with van der Waals surface area (Å²) in [5, 5.41) is 0. The normalized spacial score (nSPS) is 24.4. The van der Waals surface area contributed by atoms with Gasteiger partial charge in [0.2, 0.25) is 0 Å². The van der Waals surface area contributed by atoms with Crippen LogP contribution in [0.15, 0.2) is 0 Å². The molecule has 6 heteroatoms. The van der Waals surface area contributed by atoms with Crippen molar-refractivity contribution in [3.8, 4) is 0 Å². The molecule has 0 N–H and O–H groups in total. The van der Waals surface area contributed by atoms with Crippen molar-refractivity contribution in [1.29, 1.82) is 0 Å². The number of hydrogen-bond acceptors (Lipinski definition) is 4. The fourth-order valence-electron chi connectivity index (χ4n) is 3.50. The van der Waals surface area contributed by atoms with Crippen molar-refractivity contribution in [3.05, 3.63) is 0 Å². The molecule has 1 aliphatic carbocycles. The lowest BCUT2D eigenvalue weighted by atomic mass is 9.76. The van der Waals surface area contributed by atoms with Gasteiger partial charge in [0, 0.05) is 18.5 Å². The van der Waals surface area contributed by atoms with Gasteiger partial charge in [-0.15, -0.1) is 0 Å². The van der Waals surface area contributed by atoms with Crippen LogP contribution in [0, 0.1) is 11.3 Å². The van der Waals surface area contributed by atoms with Crippen LogP contribution in [0.1, 0.15) is 46.5 Å². The first-order valence-electron chi connectivity index (χ1n) is 7.48. The maximum absolute atomic E-state index is 12.3. The molecule has 0 bridgehead atoms. The van der Waals surface area contributed by atoms with Gasteiger partial charge in [-0.2, -0.15) is 0 Å². The third-order valence-electron chi connectivity index (χ3n) is 4.38. The molecule has 0 aromatic heterocycles. The van der Waals surface area contributed by atoms with Gasteiger partial charge >= 0.3 is 12.1 Å².